The molecule has 3 rings (SSSR count). The number of hydrogen-bond donors (Lipinski definition) is 2. The minimum Gasteiger partial charge on any atom is -0.350 e. The summed E-state index contributed by atoms with van der Waals surface area (Å²) in [5.74, 6) is 0. The number of halogens is 3. The zero-order valence-corrected chi connectivity index (χ0v) is 16.4. The maximum absolute atomic E-state index is 13.1. The average molecular weight is 404 g/mol. The predicted octanol–water partition coefficient (Wildman–Crippen LogP) is 4.62. The molecule has 3 aromatic rings. The molecule has 0 saturated carbocycles. The molecule has 0 radical (unpaired) electrons. The molecule has 0 aliphatic rings. The Labute approximate surface area is 167 Å². The molecule has 0 saturated heterocycles. The molecule has 0 spiro atoms. The van der Waals surface area contributed by atoms with Gasteiger partial charge >= 0.3 is 12.2 Å². The van der Waals surface area contributed by atoms with Crippen molar-refractivity contribution in [2.24, 2.45) is 7.05 Å². The minimum absolute atomic E-state index is 0.148. The normalized spacial score (nSPS) is 12.9. The van der Waals surface area contributed by atoms with Crippen LogP contribution in [0.4, 0.5) is 23.7 Å². The van der Waals surface area contributed by atoms with Crippen LogP contribution in [0, 0.1) is 0 Å². The van der Waals surface area contributed by atoms with Gasteiger partial charge in [-0.1, -0.05) is 30.3 Å². The van der Waals surface area contributed by atoms with Gasteiger partial charge in [0.25, 0.3) is 0 Å². The summed E-state index contributed by atoms with van der Waals surface area (Å²) in [4.78, 5) is 14.3. The second kappa shape index (κ2) is 8.16. The number of para-hydroxylation sites is 2. The van der Waals surface area contributed by atoms with Crippen LogP contribution in [0.2, 0.25) is 0 Å². The number of fused-ring (bicyclic) bond motifs is 1. The molecular weight excluding hydrogens is 381 g/mol. The van der Waals surface area contributed by atoms with Crippen LogP contribution in [-0.2, 0) is 13.2 Å². The van der Waals surface area contributed by atoms with E-state index in [1.807, 2.05) is 61.1 Å². The smallest absolute Gasteiger partial charge is 0.350 e. The Balaban J connectivity index is 1.76. The Bertz CT molecular complexity index is 1010. The first-order valence-corrected chi connectivity index (χ1v) is 9.10. The van der Waals surface area contributed by atoms with Crippen molar-refractivity contribution in [1.82, 2.24) is 14.8 Å². The number of aromatic nitrogens is 1. The molecule has 1 atom stereocenters. The van der Waals surface area contributed by atoms with E-state index in [4.69, 9.17) is 0 Å². The van der Waals surface area contributed by atoms with E-state index in [9.17, 15) is 18.0 Å². The topological polar surface area (TPSA) is 49.3 Å². The Morgan fingerprint density at radius 3 is 2.45 bits per heavy atom. The van der Waals surface area contributed by atoms with Gasteiger partial charge in [-0.05, 0) is 37.9 Å². The van der Waals surface area contributed by atoms with Crippen molar-refractivity contribution in [2.45, 2.75) is 12.2 Å². The molecule has 0 bridgehead atoms. The third-order valence-corrected chi connectivity index (χ3v) is 4.85. The second-order valence-electron chi connectivity index (χ2n) is 7.07. The van der Waals surface area contributed by atoms with Crippen LogP contribution in [0.5, 0.6) is 0 Å². The van der Waals surface area contributed by atoms with Gasteiger partial charge in [-0.2, -0.15) is 13.2 Å². The molecule has 0 aliphatic carbocycles. The largest absolute Gasteiger partial charge is 0.418 e. The van der Waals surface area contributed by atoms with Crippen LogP contribution >= 0.6 is 0 Å². The summed E-state index contributed by atoms with van der Waals surface area (Å²) >= 11 is 0. The van der Waals surface area contributed by atoms with Gasteiger partial charge in [-0.15, -0.1) is 0 Å². The molecule has 0 unspecified atom stereocenters. The first-order valence-electron chi connectivity index (χ1n) is 9.10. The number of urea groups is 1. The zero-order valence-electron chi connectivity index (χ0n) is 16.4. The van der Waals surface area contributed by atoms with Gasteiger partial charge in [-0.3, -0.25) is 0 Å². The molecule has 2 N–H and O–H groups in total. The van der Waals surface area contributed by atoms with Gasteiger partial charge < -0.3 is 20.1 Å². The maximum Gasteiger partial charge on any atom is 0.418 e. The summed E-state index contributed by atoms with van der Waals surface area (Å²) in [6.45, 7) is 0.237. The third kappa shape index (κ3) is 4.54. The number of aryl methyl sites for hydroxylation is 1. The number of alkyl halides is 3. The van der Waals surface area contributed by atoms with Crippen molar-refractivity contribution in [3.8, 4) is 0 Å². The molecule has 1 heterocycles. The Kier molecular flexibility index (Phi) is 5.83. The van der Waals surface area contributed by atoms with Crippen molar-refractivity contribution >= 4 is 22.6 Å². The third-order valence-electron chi connectivity index (χ3n) is 4.85. The first-order chi connectivity index (χ1) is 13.7. The second-order valence-corrected chi connectivity index (χ2v) is 7.07. The minimum atomic E-state index is -4.54. The van der Waals surface area contributed by atoms with Crippen LogP contribution in [0.3, 0.4) is 0 Å². The number of carbonyl (C=O) groups is 1. The zero-order chi connectivity index (χ0) is 21.2. The monoisotopic (exact) mass is 404 g/mol. The van der Waals surface area contributed by atoms with Crippen LogP contribution < -0.4 is 10.6 Å². The SMILES string of the molecule is CN(C)[C@H](CNC(=O)Nc1ccccc1C(F)(F)F)c1cn(C)c2ccccc12. The van der Waals surface area contributed by atoms with E-state index < -0.39 is 17.8 Å². The standard InChI is InChI=1S/C21H23F3N4O/c1-27(2)19(15-13-28(3)18-11-7-4-8-14(15)18)12-25-20(29)26-17-10-6-5-9-16(17)21(22,23)24/h4-11,13,19H,12H2,1-3H3,(H2,25,26,29)/t19-/m1/s1. The van der Waals surface area contributed by atoms with Crippen molar-refractivity contribution in [3.63, 3.8) is 0 Å². The average Bonchev–Trinajstić information content (AvgIpc) is 2.98. The van der Waals surface area contributed by atoms with Crippen LogP contribution in [-0.4, -0.2) is 36.1 Å². The molecule has 1 aromatic heterocycles. The van der Waals surface area contributed by atoms with Crippen LogP contribution in [0.1, 0.15) is 17.2 Å². The summed E-state index contributed by atoms with van der Waals surface area (Å²) in [6, 6.07) is 12.0. The summed E-state index contributed by atoms with van der Waals surface area (Å²) in [7, 11) is 5.74. The highest BCUT2D eigenvalue weighted by Crippen LogP contribution is 2.34. The lowest BCUT2D eigenvalue weighted by molar-refractivity contribution is -0.136. The Morgan fingerprint density at radius 2 is 1.76 bits per heavy atom. The molecule has 29 heavy (non-hydrogen) atoms. The molecule has 154 valence electrons. The van der Waals surface area contributed by atoms with Crippen molar-refractivity contribution in [2.75, 3.05) is 26.0 Å². The van der Waals surface area contributed by atoms with Gasteiger partial charge in [0.05, 0.1) is 17.3 Å². The van der Waals surface area contributed by atoms with E-state index in [-0.39, 0.29) is 18.3 Å². The van der Waals surface area contributed by atoms with E-state index in [1.54, 1.807) is 0 Å². The number of likely N-dealkylation sites (N-methyl/N-ethyl adjacent to an activating group) is 1. The Hall–Kier alpha value is -3.00. The molecular formula is C21H23F3N4O. The number of amides is 2. The fourth-order valence-electron chi connectivity index (χ4n) is 3.40. The van der Waals surface area contributed by atoms with E-state index >= 15 is 0 Å². The van der Waals surface area contributed by atoms with E-state index in [0.29, 0.717) is 0 Å². The molecule has 0 aliphatic heterocycles. The molecule has 8 heteroatoms. The number of nitrogens with zero attached hydrogens (tertiary/aromatic N) is 2. The number of nitrogens with one attached hydrogen (secondary N) is 2. The maximum atomic E-state index is 13.1. The number of anilines is 1. The summed E-state index contributed by atoms with van der Waals surface area (Å²) in [5.41, 5.74) is 0.944. The van der Waals surface area contributed by atoms with Crippen molar-refractivity contribution in [3.05, 3.63) is 65.9 Å². The Morgan fingerprint density at radius 1 is 1.10 bits per heavy atom. The number of hydrogen-bond acceptors (Lipinski definition) is 2. The molecule has 2 aromatic carbocycles. The lowest BCUT2D eigenvalue weighted by Gasteiger charge is -2.25. The molecule has 0 fully saturated rings. The van der Waals surface area contributed by atoms with Gasteiger partial charge in [0.2, 0.25) is 0 Å². The lowest BCUT2D eigenvalue weighted by Crippen LogP contribution is -2.37. The number of benzene rings is 2. The highest BCUT2D eigenvalue weighted by atomic mass is 19.4. The van der Waals surface area contributed by atoms with Crippen LogP contribution in [0.15, 0.2) is 54.7 Å². The summed E-state index contributed by atoms with van der Waals surface area (Å²) < 4.78 is 41.3. The van der Waals surface area contributed by atoms with Gasteiger partial charge in [0, 0.05) is 30.7 Å². The van der Waals surface area contributed by atoms with E-state index in [2.05, 4.69) is 10.6 Å². The summed E-state index contributed by atoms with van der Waals surface area (Å²) in [6.07, 6.45) is -2.53. The van der Waals surface area contributed by atoms with Crippen LogP contribution in [0.25, 0.3) is 10.9 Å². The molecule has 2 amide bonds. The van der Waals surface area contributed by atoms with Gasteiger partial charge in [0.1, 0.15) is 0 Å². The summed E-state index contributed by atoms with van der Waals surface area (Å²) in [5, 5.41) is 6.07. The fraction of sp³-hybridized carbons (Fsp3) is 0.286. The van der Waals surface area contributed by atoms with E-state index in [0.717, 1.165) is 22.5 Å². The first kappa shape index (κ1) is 20.7. The lowest BCUT2D eigenvalue weighted by atomic mass is 10.0. The number of rotatable bonds is 5. The highest BCUT2D eigenvalue weighted by Gasteiger charge is 2.33. The quantitative estimate of drug-likeness (QED) is 0.652. The van der Waals surface area contributed by atoms with Crippen molar-refractivity contribution in [1.29, 1.82) is 0 Å². The van der Waals surface area contributed by atoms with Crippen molar-refractivity contribution < 1.29 is 18.0 Å². The van der Waals surface area contributed by atoms with Gasteiger partial charge in [-0.25, -0.2) is 4.79 Å². The van der Waals surface area contributed by atoms with E-state index in [1.165, 1.54) is 18.2 Å². The van der Waals surface area contributed by atoms with Gasteiger partial charge in [0.15, 0.2) is 0 Å². The fourth-order valence-corrected chi connectivity index (χ4v) is 3.40. The highest BCUT2D eigenvalue weighted by molar-refractivity contribution is 5.90. The molecule has 5 nitrogen and oxygen atoms in total. The number of carbonyl (C=O) groups excluding carboxylic acids is 1. The predicted molar refractivity (Wildman–Crippen MR) is 108 cm³/mol.